The Labute approximate surface area is 179 Å². The summed E-state index contributed by atoms with van der Waals surface area (Å²) < 4.78 is 10.3. The van der Waals surface area contributed by atoms with Crippen LogP contribution in [0.4, 0.5) is 5.69 Å². The number of para-hydroxylation sites is 1. The van der Waals surface area contributed by atoms with Gasteiger partial charge in [0.2, 0.25) is 11.8 Å². The molecule has 2 aromatic rings. The average molecular weight is 432 g/mol. The van der Waals surface area contributed by atoms with Gasteiger partial charge in [-0.2, -0.15) is 0 Å². The fourth-order valence-electron chi connectivity index (χ4n) is 2.37. The number of anilines is 1. The molecule has 0 fully saturated rings. The number of hydrogen-bond donors (Lipinski definition) is 3. The zero-order chi connectivity index (χ0) is 21.9. The summed E-state index contributed by atoms with van der Waals surface area (Å²) in [6.07, 6.45) is 2.65. The predicted molar refractivity (Wildman–Crippen MR) is 114 cm³/mol. The van der Waals surface area contributed by atoms with E-state index in [0.29, 0.717) is 27.8 Å². The third-order valence-electron chi connectivity index (χ3n) is 3.89. The molecule has 158 valence electrons. The fourth-order valence-corrected chi connectivity index (χ4v) is 2.55. The molecule has 0 heterocycles. The predicted octanol–water partition coefficient (Wildman–Crippen LogP) is 2.94. The summed E-state index contributed by atoms with van der Waals surface area (Å²) in [5.74, 6) is -0.290. The summed E-state index contributed by atoms with van der Waals surface area (Å²) in [5.41, 5.74) is 5.69. The van der Waals surface area contributed by atoms with Gasteiger partial charge in [-0.05, 0) is 35.9 Å². The highest BCUT2D eigenvalue weighted by Crippen LogP contribution is 2.27. The van der Waals surface area contributed by atoms with Crippen LogP contribution in [-0.2, 0) is 14.4 Å². The van der Waals surface area contributed by atoms with Crippen LogP contribution in [-0.4, -0.2) is 31.9 Å². The molecule has 0 saturated carbocycles. The molecule has 0 saturated heterocycles. The second-order valence-corrected chi connectivity index (χ2v) is 6.42. The molecule has 0 aliphatic heterocycles. The maximum Gasteiger partial charge on any atom is 0.262 e. The molecule has 0 radical (unpaired) electrons. The van der Waals surface area contributed by atoms with Gasteiger partial charge in [-0.3, -0.25) is 25.2 Å². The molecule has 0 atom stereocenters. The first-order valence-electron chi connectivity index (χ1n) is 8.96. The van der Waals surface area contributed by atoms with E-state index in [9.17, 15) is 14.4 Å². The Hall–Kier alpha value is -3.52. The van der Waals surface area contributed by atoms with Crippen molar-refractivity contribution in [3.8, 4) is 11.5 Å². The summed E-state index contributed by atoms with van der Waals surface area (Å²) in [6, 6.07) is 12.0. The van der Waals surface area contributed by atoms with Crippen molar-refractivity contribution in [1.29, 1.82) is 0 Å². The van der Waals surface area contributed by atoms with Crippen LogP contribution in [0.2, 0.25) is 5.02 Å². The topological polar surface area (TPSA) is 106 Å². The van der Waals surface area contributed by atoms with Crippen LogP contribution in [0.5, 0.6) is 11.5 Å². The van der Waals surface area contributed by atoms with E-state index in [1.807, 2.05) is 0 Å². The van der Waals surface area contributed by atoms with Gasteiger partial charge in [-0.15, -0.1) is 0 Å². The smallest absolute Gasteiger partial charge is 0.262 e. The first-order chi connectivity index (χ1) is 14.4. The third-order valence-corrected chi connectivity index (χ3v) is 4.22. The van der Waals surface area contributed by atoms with Gasteiger partial charge in [0.1, 0.15) is 0 Å². The zero-order valence-corrected chi connectivity index (χ0v) is 17.3. The van der Waals surface area contributed by atoms with Crippen molar-refractivity contribution in [3.05, 3.63) is 59.1 Å². The monoisotopic (exact) mass is 431 g/mol. The van der Waals surface area contributed by atoms with E-state index in [-0.39, 0.29) is 18.7 Å². The summed E-state index contributed by atoms with van der Waals surface area (Å²) in [4.78, 5) is 35.6. The van der Waals surface area contributed by atoms with E-state index < -0.39 is 11.8 Å². The van der Waals surface area contributed by atoms with E-state index in [2.05, 4.69) is 16.2 Å². The Morgan fingerprint density at radius 3 is 2.33 bits per heavy atom. The van der Waals surface area contributed by atoms with Crippen molar-refractivity contribution in [2.75, 3.05) is 19.5 Å². The Morgan fingerprint density at radius 1 is 0.933 bits per heavy atom. The number of hydrazine groups is 1. The van der Waals surface area contributed by atoms with E-state index in [1.165, 1.54) is 20.3 Å². The van der Waals surface area contributed by atoms with Crippen molar-refractivity contribution in [3.63, 3.8) is 0 Å². The van der Waals surface area contributed by atoms with Gasteiger partial charge in [0.05, 0.1) is 24.9 Å². The Morgan fingerprint density at radius 2 is 1.63 bits per heavy atom. The minimum atomic E-state index is -0.529. The second kappa shape index (κ2) is 11.5. The molecule has 0 aliphatic carbocycles. The van der Waals surface area contributed by atoms with Gasteiger partial charge in [0.25, 0.3) is 5.91 Å². The van der Waals surface area contributed by atoms with Crippen LogP contribution in [0.15, 0.2) is 48.5 Å². The average Bonchev–Trinajstić information content (AvgIpc) is 2.76. The maximum absolute atomic E-state index is 11.9. The van der Waals surface area contributed by atoms with E-state index in [4.69, 9.17) is 21.1 Å². The SMILES string of the molecule is COc1ccc(C=CC(=O)NNC(=O)CCC(=O)Nc2ccccc2Cl)cc1OC. The summed E-state index contributed by atoms with van der Waals surface area (Å²) in [7, 11) is 3.05. The highest BCUT2D eigenvalue weighted by atomic mass is 35.5. The molecular weight excluding hydrogens is 410 g/mol. The van der Waals surface area contributed by atoms with Crippen molar-refractivity contribution in [1.82, 2.24) is 10.9 Å². The number of carbonyl (C=O) groups excluding carboxylic acids is 3. The number of nitrogens with one attached hydrogen (secondary N) is 3. The van der Waals surface area contributed by atoms with E-state index >= 15 is 0 Å². The maximum atomic E-state index is 11.9. The normalized spacial score (nSPS) is 10.4. The standard InChI is InChI=1S/C21H22ClN3O5/c1-29-17-9-7-14(13-18(17)30-2)8-10-20(27)24-25-21(28)12-11-19(26)23-16-6-4-3-5-15(16)22/h3-10,13H,11-12H2,1-2H3,(H,23,26)(H,24,27)(H,25,28). The number of halogens is 1. The summed E-state index contributed by atoms with van der Waals surface area (Å²) >= 11 is 5.96. The number of benzene rings is 2. The lowest BCUT2D eigenvalue weighted by Gasteiger charge is -2.08. The Kier molecular flexibility index (Phi) is 8.71. The minimum absolute atomic E-state index is 0.0611. The first kappa shape index (κ1) is 22.8. The van der Waals surface area contributed by atoms with Gasteiger partial charge in [0, 0.05) is 18.9 Å². The lowest BCUT2D eigenvalue weighted by atomic mass is 10.2. The number of rotatable bonds is 8. The van der Waals surface area contributed by atoms with Crippen LogP contribution >= 0.6 is 11.6 Å². The van der Waals surface area contributed by atoms with Crippen LogP contribution in [0.3, 0.4) is 0 Å². The third kappa shape index (κ3) is 7.14. The number of ether oxygens (including phenoxy) is 2. The van der Waals surface area contributed by atoms with Crippen LogP contribution < -0.4 is 25.6 Å². The quantitative estimate of drug-likeness (QED) is 0.440. The molecule has 2 aromatic carbocycles. The molecule has 2 rings (SSSR count). The molecule has 0 bridgehead atoms. The number of methoxy groups -OCH3 is 2. The van der Waals surface area contributed by atoms with Crippen LogP contribution in [0.25, 0.3) is 6.08 Å². The largest absolute Gasteiger partial charge is 0.493 e. The van der Waals surface area contributed by atoms with Gasteiger partial charge >= 0.3 is 0 Å². The van der Waals surface area contributed by atoms with E-state index in [0.717, 1.165) is 0 Å². The number of carbonyl (C=O) groups is 3. The molecule has 8 nitrogen and oxygen atoms in total. The van der Waals surface area contributed by atoms with Crippen molar-refractivity contribution < 1.29 is 23.9 Å². The van der Waals surface area contributed by atoms with Crippen LogP contribution in [0, 0.1) is 0 Å². The fraction of sp³-hybridized carbons (Fsp3) is 0.190. The van der Waals surface area contributed by atoms with Gasteiger partial charge < -0.3 is 14.8 Å². The van der Waals surface area contributed by atoms with Gasteiger partial charge in [-0.1, -0.05) is 29.8 Å². The lowest BCUT2D eigenvalue weighted by molar-refractivity contribution is -0.128. The summed E-state index contributed by atoms with van der Waals surface area (Å²) in [6.45, 7) is 0. The molecule has 0 aromatic heterocycles. The molecule has 3 N–H and O–H groups in total. The molecular formula is C21H22ClN3O5. The molecule has 30 heavy (non-hydrogen) atoms. The highest BCUT2D eigenvalue weighted by molar-refractivity contribution is 6.33. The second-order valence-electron chi connectivity index (χ2n) is 6.01. The Balaban J connectivity index is 1.75. The van der Waals surface area contributed by atoms with Gasteiger partial charge in [-0.25, -0.2) is 0 Å². The Bertz CT molecular complexity index is 946. The minimum Gasteiger partial charge on any atom is -0.493 e. The zero-order valence-electron chi connectivity index (χ0n) is 16.5. The molecule has 0 aliphatic rings. The lowest BCUT2D eigenvalue weighted by Crippen LogP contribution is -2.41. The molecule has 0 unspecified atom stereocenters. The molecule has 3 amide bonds. The van der Waals surface area contributed by atoms with Crippen LogP contribution in [0.1, 0.15) is 18.4 Å². The number of amides is 3. The summed E-state index contributed by atoms with van der Waals surface area (Å²) in [5, 5.41) is 3.02. The number of hydrogen-bond acceptors (Lipinski definition) is 5. The van der Waals surface area contributed by atoms with E-state index in [1.54, 1.807) is 48.5 Å². The first-order valence-corrected chi connectivity index (χ1v) is 9.34. The molecule has 0 spiro atoms. The van der Waals surface area contributed by atoms with Crippen molar-refractivity contribution in [2.24, 2.45) is 0 Å². The van der Waals surface area contributed by atoms with Gasteiger partial charge in [0.15, 0.2) is 11.5 Å². The molecule has 9 heteroatoms. The van der Waals surface area contributed by atoms with Crippen molar-refractivity contribution >= 4 is 41.1 Å². The van der Waals surface area contributed by atoms with Crippen molar-refractivity contribution in [2.45, 2.75) is 12.8 Å². The highest BCUT2D eigenvalue weighted by Gasteiger charge is 2.09.